The molecule has 26 heavy (non-hydrogen) atoms. The van der Waals surface area contributed by atoms with Gasteiger partial charge in [-0.15, -0.1) is 0 Å². The molecule has 0 amide bonds. The Morgan fingerprint density at radius 2 is 1.77 bits per heavy atom. The van der Waals surface area contributed by atoms with Gasteiger partial charge in [0.15, 0.2) is 0 Å². The smallest absolute Gasteiger partial charge is 0.266 e. The minimum Gasteiger partial charge on any atom is -0.266 e. The second-order valence-electron chi connectivity index (χ2n) is 4.95. The lowest BCUT2D eigenvalue weighted by Crippen LogP contribution is -2.10. The van der Waals surface area contributed by atoms with E-state index in [0.717, 1.165) is 0 Å². The van der Waals surface area contributed by atoms with Gasteiger partial charge in [0.05, 0.1) is 21.1 Å². The number of rotatable bonds is 5. The van der Waals surface area contributed by atoms with Crippen LogP contribution in [0.2, 0.25) is 0 Å². The molecule has 136 valence electrons. The SMILES string of the molecule is C/C(=N/Nc1c([N+](=O)[O-])cc(C(F)(F)F)cc1[N+](=O)[O-])c1cccnc1. The average molecular weight is 369 g/mol. The topological polar surface area (TPSA) is 124 Å². The molecule has 1 aromatic heterocycles. The highest BCUT2D eigenvalue weighted by Gasteiger charge is 2.37. The van der Waals surface area contributed by atoms with Gasteiger partial charge >= 0.3 is 17.6 Å². The molecular formula is C14H10F3N5O4. The van der Waals surface area contributed by atoms with Crippen LogP contribution < -0.4 is 5.43 Å². The molecule has 12 heteroatoms. The van der Waals surface area contributed by atoms with E-state index < -0.39 is 38.6 Å². The van der Waals surface area contributed by atoms with Gasteiger partial charge in [0.1, 0.15) is 0 Å². The molecule has 0 saturated carbocycles. The van der Waals surface area contributed by atoms with Crippen molar-refractivity contribution >= 4 is 22.8 Å². The molecule has 1 heterocycles. The molecule has 0 atom stereocenters. The number of hydrogen-bond donors (Lipinski definition) is 1. The maximum Gasteiger partial charge on any atom is 0.416 e. The third kappa shape index (κ3) is 4.09. The van der Waals surface area contributed by atoms with E-state index in [9.17, 15) is 33.4 Å². The fourth-order valence-electron chi connectivity index (χ4n) is 1.96. The molecule has 0 saturated heterocycles. The molecule has 0 radical (unpaired) electrons. The van der Waals surface area contributed by atoms with E-state index in [1.54, 1.807) is 12.1 Å². The Morgan fingerprint density at radius 1 is 1.19 bits per heavy atom. The van der Waals surface area contributed by atoms with Crippen molar-refractivity contribution in [2.75, 3.05) is 5.43 Å². The first-order chi connectivity index (χ1) is 12.1. The van der Waals surface area contributed by atoms with Crippen LogP contribution in [-0.2, 0) is 6.18 Å². The van der Waals surface area contributed by atoms with E-state index >= 15 is 0 Å². The lowest BCUT2D eigenvalue weighted by Gasteiger charge is -2.10. The van der Waals surface area contributed by atoms with Gasteiger partial charge in [-0.1, -0.05) is 6.07 Å². The number of nitro benzene ring substituents is 2. The number of benzene rings is 1. The number of anilines is 1. The number of pyridine rings is 1. The van der Waals surface area contributed by atoms with Crippen molar-refractivity contribution in [2.24, 2.45) is 5.10 Å². The zero-order chi connectivity index (χ0) is 19.5. The van der Waals surface area contributed by atoms with Crippen LogP contribution in [0.5, 0.6) is 0 Å². The van der Waals surface area contributed by atoms with Crippen LogP contribution in [0.25, 0.3) is 0 Å². The zero-order valence-corrected chi connectivity index (χ0v) is 13.0. The number of alkyl halides is 3. The number of nitrogens with zero attached hydrogens (tertiary/aromatic N) is 4. The summed E-state index contributed by atoms with van der Waals surface area (Å²) in [6, 6.07) is 3.63. The molecule has 1 aromatic carbocycles. The largest absolute Gasteiger partial charge is 0.416 e. The lowest BCUT2D eigenvalue weighted by atomic mass is 10.1. The number of aromatic nitrogens is 1. The van der Waals surface area contributed by atoms with Crippen molar-refractivity contribution in [3.8, 4) is 0 Å². The predicted octanol–water partition coefficient (Wildman–Crippen LogP) is 3.75. The van der Waals surface area contributed by atoms with Crippen LogP contribution in [0.15, 0.2) is 41.8 Å². The van der Waals surface area contributed by atoms with Crippen LogP contribution in [0.3, 0.4) is 0 Å². The molecule has 0 bridgehead atoms. The molecule has 2 aromatic rings. The van der Waals surface area contributed by atoms with Gasteiger partial charge in [0, 0.05) is 30.1 Å². The number of halogens is 3. The van der Waals surface area contributed by atoms with Crippen LogP contribution in [0.1, 0.15) is 18.1 Å². The second kappa shape index (κ2) is 7.13. The van der Waals surface area contributed by atoms with Crippen molar-refractivity contribution in [1.29, 1.82) is 0 Å². The Hall–Kier alpha value is -3.57. The van der Waals surface area contributed by atoms with Crippen LogP contribution in [0, 0.1) is 20.2 Å². The molecule has 0 spiro atoms. The molecule has 0 aliphatic carbocycles. The fraction of sp³-hybridized carbons (Fsp3) is 0.143. The summed E-state index contributed by atoms with van der Waals surface area (Å²) in [7, 11) is 0. The van der Waals surface area contributed by atoms with E-state index in [0.29, 0.717) is 5.56 Å². The van der Waals surface area contributed by atoms with Crippen molar-refractivity contribution in [3.63, 3.8) is 0 Å². The monoisotopic (exact) mass is 369 g/mol. The molecule has 0 fully saturated rings. The van der Waals surface area contributed by atoms with E-state index in [1.165, 1.54) is 19.3 Å². The molecule has 0 unspecified atom stereocenters. The van der Waals surface area contributed by atoms with Crippen molar-refractivity contribution in [3.05, 3.63) is 68.0 Å². The summed E-state index contributed by atoms with van der Waals surface area (Å²) in [5.74, 6) is 0. The van der Waals surface area contributed by atoms with Gasteiger partial charge in [-0.05, 0) is 13.0 Å². The minimum atomic E-state index is -4.98. The normalized spacial score (nSPS) is 11.9. The van der Waals surface area contributed by atoms with Crippen molar-refractivity contribution in [1.82, 2.24) is 4.98 Å². The van der Waals surface area contributed by atoms with Gasteiger partial charge in [0.2, 0.25) is 5.69 Å². The summed E-state index contributed by atoms with van der Waals surface area (Å²) >= 11 is 0. The average Bonchev–Trinajstić information content (AvgIpc) is 2.58. The molecule has 1 N–H and O–H groups in total. The van der Waals surface area contributed by atoms with Gasteiger partial charge in [0.25, 0.3) is 0 Å². The first-order valence-corrected chi connectivity index (χ1v) is 6.86. The fourth-order valence-corrected chi connectivity index (χ4v) is 1.96. The summed E-state index contributed by atoms with van der Waals surface area (Å²) in [4.78, 5) is 23.7. The summed E-state index contributed by atoms with van der Waals surface area (Å²) in [5, 5.41) is 26.0. The summed E-state index contributed by atoms with van der Waals surface area (Å²) in [6.45, 7) is 1.49. The second-order valence-corrected chi connectivity index (χ2v) is 4.95. The molecule has 9 nitrogen and oxygen atoms in total. The van der Waals surface area contributed by atoms with E-state index in [1.807, 2.05) is 0 Å². The molecule has 0 aliphatic heterocycles. The zero-order valence-electron chi connectivity index (χ0n) is 13.0. The minimum absolute atomic E-state index is 0.213. The third-order valence-corrected chi connectivity index (χ3v) is 3.23. The van der Waals surface area contributed by atoms with Gasteiger partial charge in [-0.3, -0.25) is 30.6 Å². The van der Waals surface area contributed by atoms with Crippen LogP contribution in [0.4, 0.5) is 30.2 Å². The summed E-state index contributed by atoms with van der Waals surface area (Å²) in [6.07, 6.45) is -2.06. The van der Waals surface area contributed by atoms with E-state index in [-0.39, 0.29) is 17.8 Å². The number of nitrogens with one attached hydrogen (secondary N) is 1. The highest BCUT2D eigenvalue weighted by atomic mass is 19.4. The van der Waals surface area contributed by atoms with E-state index in [2.05, 4.69) is 15.5 Å². The molecule has 2 rings (SSSR count). The maximum atomic E-state index is 12.8. The lowest BCUT2D eigenvalue weighted by molar-refractivity contribution is -0.392. The number of hydrogen-bond acceptors (Lipinski definition) is 7. The summed E-state index contributed by atoms with van der Waals surface area (Å²) < 4.78 is 38.5. The Bertz CT molecular complexity index is 849. The molecule has 0 aliphatic rings. The predicted molar refractivity (Wildman–Crippen MR) is 84.8 cm³/mol. The summed E-state index contributed by atoms with van der Waals surface area (Å²) in [5.41, 5.74) is -1.58. The first-order valence-electron chi connectivity index (χ1n) is 6.86. The highest BCUT2D eigenvalue weighted by Crippen LogP contribution is 2.41. The van der Waals surface area contributed by atoms with Crippen LogP contribution >= 0.6 is 0 Å². The quantitative estimate of drug-likeness (QED) is 0.486. The Labute approximate surface area is 143 Å². The molecular weight excluding hydrogens is 359 g/mol. The van der Waals surface area contributed by atoms with E-state index in [4.69, 9.17) is 0 Å². The Morgan fingerprint density at radius 3 is 2.19 bits per heavy atom. The Balaban J connectivity index is 2.56. The van der Waals surface area contributed by atoms with Crippen molar-refractivity contribution < 1.29 is 23.0 Å². The van der Waals surface area contributed by atoms with Gasteiger partial charge < -0.3 is 0 Å². The van der Waals surface area contributed by atoms with Gasteiger partial charge in [-0.2, -0.15) is 18.3 Å². The van der Waals surface area contributed by atoms with Crippen molar-refractivity contribution in [2.45, 2.75) is 13.1 Å². The highest BCUT2D eigenvalue weighted by molar-refractivity contribution is 5.99. The number of hydrazone groups is 1. The van der Waals surface area contributed by atoms with Gasteiger partial charge in [-0.25, -0.2) is 0 Å². The first kappa shape index (κ1) is 18.8. The third-order valence-electron chi connectivity index (χ3n) is 3.23. The maximum absolute atomic E-state index is 12.8. The standard InChI is InChI=1S/C14H10F3N5O4/c1-8(9-3-2-4-18-7-9)19-20-13-11(21(23)24)5-10(14(15,16)17)6-12(13)22(25)26/h2-7,20H,1H3/b19-8-. The van der Waals surface area contributed by atoms with Crippen LogP contribution in [-0.4, -0.2) is 20.5 Å². The Kier molecular flexibility index (Phi) is 5.14. The number of nitro groups is 2.